The van der Waals surface area contributed by atoms with Crippen LogP contribution in [0.1, 0.15) is 6.42 Å². The van der Waals surface area contributed by atoms with E-state index in [1.54, 1.807) is 4.90 Å². The number of rotatable bonds is 1. The summed E-state index contributed by atoms with van der Waals surface area (Å²) >= 11 is 0. The molecule has 0 N–H and O–H groups in total. The summed E-state index contributed by atoms with van der Waals surface area (Å²) in [6.45, 7) is 2.27. The summed E-state index contributed by atoms with van der Waals surface area (Å²) in [7, 11) is 1.83. The van der Waals surface area contributed by atoms with Gasteiger partial charge in [0.15, 0.2) is 0 Å². The molecule has 1 aromatic rings. The van der Waals surface area contributed by atoms with E-state index in [4.69, 9.17) is 9.47 Å². The molecule has 1 amide bonds. The lowest BCUT2D eigenvalue weighted by atomic mass is 10.1. The number of anilines is 1. The van der Waals surface area contributed by atoms with E-state index in [-0.39, 0.29) is 18.1 Å². The van der Waals surface area contributed by atoms with Crippen LogP contribution in [0.25, 0.3) is 0 Å². The quantitative estimate of drug-likeness (QED) is 0.762. The number of hydrogen-bond acceptors (Lipinski definition) is 4. The zero-order valence-corrected chi connectivity index (χ0v) is 11.5. The fourth-order valence-electron chi connectivity index (χ4n) is 3.32. The lowest BCUT2D eigenvalue weighted by molar-refractivity contribution is -0.128. The molecule has 1 aromatic carbocycles. The van der Waals surface area contributed by atoms with E-state index in [2.05, 4.69) is 4.90 Å². The summed E-state index contributed by atoms with van der Waals surface area (Å²) in [5.41, 5.74) is 0.860. The molecule has 106 valence electrons. The van der Waals surface area contributed by atoms with Crippen molar-refractivity contribution in [2.24, 2.45) is 0 Å². The van der Waals surface area contributed by atoms with Gasteiger partial charge >= 0.3 is 0 Å². The van der Waals surface area contributed by atoms with Crippen molar-refractivity contribution in [3.8, 4) is 5.75 Å². The second-order valence-electron chi connectivity index (χ2n) is 5.74. The second-order valence-corrected chi connectivity index (χ2v) is 5.74. The minimum absolute atomic E-state index is 0.0766. The largest absolute Gasteiger partial charge is 0.487 e. The Morgan fingerprint density at radius 1 is 1.25 bits per heavy atom. The maximum Gasteiger partial charge on any atom is 0.244 e. The predicted octanol–water partition coefficient (Wildman–Crippen LogP) is 0.884. The van der Waals surface area contributed by atoms with Gasteiger partial charge < -0.3 is 14.4 Å². The van der Waals surface area contributed by atoms with Crippen molar-refractivity contribution >= 4 is 11.6 Å². The fourth-order valence-corrected chi connectivity index (χ4v) is 3.32. The van der Waals surface area contributed by atoms with Gasteiger partial charge in [-0.15, -0.1) is 0 Å². The van der Waals surface area contributed by atoms with Crippen LogP contribution in [0, 0.1) is 0 Å². The molecule has 2 fully saturated rings. The molecule has 2 saturated heterocycles. The van der Waals surface area contributed by atoms with E-state index in [1.165, 1.54) is 0 Å². The van der Waals surface area contributed by atoms with Crippen LogP contribution < -0.4 is 9.64 Å². The Kier molecular flexibility index (Phi) is 2.72. The molecule has 0 saturated carbocycles. The number of likely N-dealkylation sites (tertiary alicyclic amines) is 1. The van der Waals surface area contributed by atoms with Crippen molar-refractivity contribution in [2.45, 2.75) is 24.6 Å². The van der Waals surface area contributed by atoms with Gasteiger partial charge in [0, 0.05) is 20.0 Å². The smallest absolute Gasteiger partial charge is 0.244 e. The highest BCUT2D eigenvalue weighted by Crippen LogP contribution is 2.36. The Bertz CT molecular complexity index is 544. The Hall–Kier alpha value is -1.59. The first-order valence-corrected chi connectivity index (χ1v) is 7.11. The van der Waals surface area contributed by atoms with Gasteiger partial charge in [0.2, 0.25) is 5.91 Å². The topological polar surface area (TPSA) is 42.0 Å². The molecule has 0 spiro atoms. The predicted molar refractivity (Wildman–Crippen MR) is 74.0 cm³/mol. The first-order chi connectivity index (χ1) is 9.74. The molecule has 3 aliphatic heterocycles. The van der Waals surface area contributed by atoms with Crippen LogP contribution in [0.5, 0.6) is 5.75 Å². The highest BCUT2D eigenvalue weighted by atomic mass is 16.5. The van der Waals surface area contributed by atoms with Crippen LogP contribution in [-0.4, -0.2) is 55.8 Å². The van der Waals surface area contributed by atoms with Gasteiger partial charge in [0.25, 0.3) is 0 Å². The first kappa shape index (κ1) is 12.2. The van der Waals surface area contributed by atoms with Crippen LogP contribution in [0.4, 0.5) is 5.69 Å². The fraction of sp³-hybridized carbons (Fsp3) is 0.533. The maximum absolute atomic E-state index is 12.8. The molecule has 3 aliphatic rings. The highest BCUT2D eigenvalue weighted by Gasteiger charge is 2.46. The minimum atomic E-state index is -0.0766. The van der Waals surface area contributed by atoms with Crippen molar-refractivity contribution in [3.05, 3.63) is 24.3 Å². The average molecular weight is 274 g/mol. The molecular weight excluding hydrogens is 256 g/mol. The van der Waals surface area contributed by atoms with Gasteiger partial charge in [0.05, 0.1) is 31.0 Å². The monoisotopic (exact) mass is 274 g/mol. The molecule has 20 heavy (non-hydrogen) atoms. The van der Waals surface area contributed by atoms with E-state index < -0.39 is 0 Å². The van der Waals surface area contributed by atoms with Crippen LogP contribution in [-0.2, 0) is 9.53 Å². The number of nitrogens with zero attached hydrogens (tertiary/aromatic N) is 2. The second kappa shape index (κ2) is 4.46. The Morgan fingerprint density at radius 3 is 2.80 bits per heavy atom. The minimum Gasteiger partial charge on any atom is -0.487 e. The average Bonchev–Trinajstić information content (AvgIpc) is 2.79. The maximum atomic E-state index is 12.8. The number of fused-ring (bicyclic) bond motifs is 3. The number of likely N-dealkylation sites (N-methyl/N-ethyl adjacent to an activating group) is 1. The molecule has 2 bridgehead atoms. The van der Waals surface area contributed by atoms with Crippen LogP contribution in [0.3, 0.4) is 0 Å². The molecule has 2 atom stereocenters. The van der Waals surface area contributed by atoms with Gasteiger partial charge in [-0.25, -0.2) is 0 Å². The lowest BCUT2D eigenvalue weighted by Gasteiger charge is -2.38. The zero-order valence-electron chi connectivity index (χ0n) is 11.5. The molecule has 0 radical (unpaired) electrons. The number of amides is 1. The van der Waals surface area contributed by atoms with Crippen molar-refractivity contribution in [1.82, 2.24) is 4.90 Å². The summed E-state index contributed by atoms with van der Waals surface area (Å²) in [5, 5.41) is 0. The SMILES string of the molecule is CN1C(=O)C2CC(CN2C2COC2)Oc2ccccc21. The van der Waals surface area contributed by atoms with E-state index in [1.807, 2.05) is 31.3 Å². The molecule has 0 aliphatic carbocycles. The molecular formula is C15H18N2O3. The van der Waals surface area contributed by atoms with E-state index in [0.717, 1.165) is 37.6 Å². The number of ether oxygens (including phenoxy) is 2. The van der Waals surface area contributed by atoms with E-state index in [0.29, 0.717) is 6.04 Å². The molecule has 0 aromatic heterocycles. The first-order valence-electron chi connectivity index (χ1n) is 7.11. The van der Waals surface area contributed by atoms with Gasteiger partial charge in [-0.2, -0.15) is 0 Å². The molecule has 2 unspecified atom stereocenters. The summed E-state index contributed by atoms with van der Waals surface area (Å²) < 4.78 is 11.4. The summed E-state index contributed by atoms with van der Waals surface area (Å²) in [5.74, 6) is 0.966. The summed E-state index contributed by atoms with van der Waals surface area (Å²) in [6, 6.07) is 8.05. The normalized spacial score (nSPS) is 30.2. The van der Waals surface area contributed by atoms with Crippen molar-refractivity contribution in [3.63, 3.8) is 0 Å². The van der Waals surface area contributed by atoms with Gasteiger partial charge in [-0.3, -0.25) is 9.69 Å². The van der Waals surface area contributed by atoms with Crippen molar-refractivity contribution in [2.75, 3.05) is 31.7 Å². The number of para-hydroxylation sites is 2. The van der Waals surface area contributed by atoms with E-state index >= 15 is 0 Å². The third-order valence-corrected chi connectivity index (χ3v) is 4.53. The molecule has 3 heterocycles. The standard InChI is InChI=1S/C15H18N2O3/c1-16-12-4-2-3-5-14(12)20-11-6-13(15(16)18)17(7-11)10-8-19-9-10/h2-5,10-11,13H,6-9H2,1H3. The third-order valence-electron chi connectivity index (χ3n) is 4.53. The molecule has 5 heteroatoms. The summed E-state index contributed by atoms with van der Waals surface area (Å²) in [4.78, 5) is 16.8. The highest BCUT2D eigenvalue weighted by molar-refractivity contribution is 5.98. The van der Waals surface area contributed by atoms with Crippen molar-refractivity contribution in [1.29, 1.82) is 0 Å². The molecule has 4 rings (SSSR count). The van der Waals surface area contributed by atoms with E-state index in [9.17, 15) is 4.79 Å². The van der Waals surface area contributed by atoms with Gasteiger partial charge in [-0.1, -0.05) is 12.1 Å². The zero-order chi connectivity index (χ0) is 13.7. The van der Waals surface area contributed by atoms with Crippen LogP contribution in [0.15, 0.2) is 24.3 Å². The Balaban J connectivity index is 1.70. The van der Waals surface area contributed by atoms with Crippen LogP contribution in [0.2, 0.25) is 0 Å². The van der Waals surface area contributed by atoms with Crippen LogP contribution >= 0.6 is 0 Å². The lowest BCUT2D eigenvalue weighted by Crippen LogP contribution is -2.55. The van der Waals surface area contributed by atoms with Gasteiger partial charge in [-0.05, 0) is 12.1 Å². The Morgan fingerprint density at radius 2 is 2.05 bits per heavy atom. The van der Waals surface area contributed by atoms with Crippen molar-refractivity contribution < 1.29 is 14.3 Å². The Labute approximate surface area is 118 Å². The summed E-state index contributed by atoms with van der Waals surface area (Å²) in [6.07, 6.45) is 0.868. The number of carbonyl (C=O) groups excluding carboxylic acids is 1. The number of hydrogen-bond donors (Lipinski definition) is 0. The third kappa shape index (κ3) is 1.73. The number of benzene rings is 1. The number of carbonyl (C=O) groups is 1. The van der Waals surface area contributed by atoms with Gasteiger partial charge in [0.1, 0.15) is 11.9 Å². The molecule has 5 nitrogen and oxygen atoms in total.